The molecule has 0 saturated carbocycles. The van der Waals surface area contributed by atoms with Gasteiger partial charge in [-0.3, -0.25) is 19.3 Å². The lowest BCUT2D eigenvalue weighted by Gasteiger charge is -2.33. The van der Waals surface area contributed by atoms with Gasteiger partial charge in [0.25, 0.3) is 5.91 Å². The number of nitrogens with one attached hydrogen (secondary N) is 1. The number of carbonyl (C=O) groups excluding carboxylic acids is 2. The third kappa shape index (κ3) is 2.66. The number of benzene rings is 1. The van der Waals surface area contributed by atoms with E-state index in [-0.39, 0.29) is 11.8 Å². The predicted octanol–water partition coefficient (Wildman–Crippen LogP) is 3.17. The second-order valence-corrected chi connectivity index (χ2v) is 9.11. The van der Waals surface area contributed by atoms with Gasteiger partial charge in [-0.2, -0.15) is 5.10 Å². The molecule has 0 unspecified atom stereocenters. The van der Waals surface area contributed by atoms with Gasteiger partial charge >= 0.3 is 0 Å². The highest BCUT2D eigenvalue weighted by Gasteiger charge is 2.59. The lowest BCUT2D eigenvalue weighted by molar-refractivity contribution is -0.121. The van der Waals surface area contributed by atoms with Crippen molar-refractivity contribution >= 4 is 17.5 Å². The Balaban J connectivity index is 1.46. The van der Waals surface area contributed by atoms with Gasteiger partial charge in [-0.05, 0) is 55.4 Å². The highest BCUT2D eigenvalue weighted by molar-refractivity contribution is 6.08. The van der Waals surface area contributed by atoms with E-state index < -0.39 is 11.5 Å². The van der Waals surface area contributed by atoms with Crippen LogP contribution in [0.5, 0.6) is 0 Å². The number of anilines is 1. The average Bonchev–Trinajstić information content (AvgIpc) is 3.50. The second kappa shape index (κ2) is 7.02. The number of carbonyl (C=O) groups is 2. The van der Waals surface area contributed by atoms with Crippen LogP contribution in [-0.4, -0.2) is 38.0 Å². The van der Waals surface area contributed by atoms with Crippen LogP contribution in [0, 0.1) is 0 Å². The third-order valence-corrected chi connectivity index (χ3v) is 7.30. The molecular formula is C25H25N5O2. The van der Waals surface area contributed by atoms with Gasteiger partial charge in [-0.15, -0.1) is 0 Å². The monoisotopic (exact) mass is 427 g/mol. The normalized spacial score (nSPS) is 23.8. The fraction of sp³-hybridized carbons (Fsp3) is 0.360. The molecule has 0 radical (unpaired) electrons. The van der Waals surface area contributed by atoms with Crippen LogP contribution in [0.15, 0.2) is 48.9 Å². The Kier molecular flexibility index (Phi) is 4.22. The van der Waals surface area contributed by atoms with Gasteiger partial charge < -0.3 is 10.2 Å². The van der Waals surface area contributed by atoms with Gasteiger partial charge in [-0.25, -0.2) is 0 Å². The van der Waals surface area contributed by atoms with Crippen molar-refractivity contribution in [3.8, 4) is 0 Å². The fourth-order valence-corrected chi connectivity index (χ4v) is 5.82. The molecule has 2 aliphatic heterocycles. The van der Waals surface area contributed by atoms with Gasteiger partial charge in [0.1, 0.15) is 5.41 Å². The van der Waals surface area contributed by atoms with E-state index in [1.807, 2.05) is 48.5 Å². The van der Waals surface area contributed by atoms with Crippen LogP contribution >= 0.6 is 0 Å². The van der Waals surface area contributed by atoms with Crippen molar-refractivity contribution in [3.05, 3.63) is 76.9 Å². The average molecular weight is 428 g/mol. The van der Waals surface area contributed by atoms with Crippen LogP contribution < -0.4 is 5.32 Å². The van der Waals surface area contributed by atoms with Gasteiger partial charge in [0.05, 0.1) is 17.8 Å². The molecule has 7 nitrogen and oxygen atoms in total. The molecular weight excluding hydrogens is 402 g/mol. The maximum absolute atomic E-state index is 13.8. The summed E-state index contributed by atoms with van der Waals surface area (Å²) < 4.78 is 1.73. The zero-order chi connectivity index (χ0) is 21.9. The minimum atomic E-state index is -0.822. The van der Waals surface area contributed by atoms with Gasteiger partial charge in [0.2, 0.25) is 5.91 Å². The number of aryl methyl sites for hydroxylation is 3. The van der Waals surface area contributed by atoms with Crippen LogP contribution in [0.25, 0.3) is 0 Å². The highest BCUT2D eigenvalue weighted by Crippen LogP contribution is 2.54. The van der Waals surface area contributed by atoms with Crippen LogP contribution in [0.2, 0.25) is 0 Å². The quantitative estimate of drug-likeness (QED) is 0.681. The Bertz CT molecular complexity index is 1250. The molecule has 1 fully saturated rings. The number of nitrogens with zero attached hydrogens (tertiary/aromatic N) is 4. The summed E-state index contributed by atoms with van der Waals surface area (Å²) in [7, 11) is 1.85. The lowest BCUT2D eigenvalue weighted by atomic mass is 9.73. The molecule has 6 rings (SSSR count). The highest BCUT2D eigenvalue weighted by atomic mass is 16.2. The number of para-hydroxylation sites is 1. The topological polar surface area (TPSA) is 80.1 Å². The van der Waals surface area contributed by atoms with Crippen LogP contribution in [0.1, 0.15) is 58.0 Å². The maximum Gasteiger partial charge on any atom is 0.255 e. The third-order valence-electron chi connectivity index (χ3n) is 7.30. The van der Waals surface area contributed by atoms with Gasteiger partial charge in [0, 0.05) is 42.9 Å². The summed E-state index contributed by atoms with van der Waals surface area (Å²) in [6, 6.07) is 9.40. The Labute approximate surface area is 186 Å². The molecule has 1 aliphatic carbocycles. The Morgan fingerprint density at radius 1 is 1.19 bits per heavy atom. The largest absolute Gasteiger partial charge is 0.330 e. The molecule has 1 saturated heterocycles. The van der Waals surface area contributed by atoms with Crippen molar-refractivity contribution < 1.29 is 9.59 Å². The van der Waals surface area contributed by atoms with Gasteiger partial charge in [0.15, 0.2) is 0 Å². The summed E-state index contributed by atoms with van der Waals surface area (Å²) in [5, 5.41) is 7.42. The SMILES string of the molecule is Cn1cc([C@@H]2N(C(=O)c3cnc4c(c3)CCCC4)CC[C@]23C(=O)Nc2ccccc23)cn1. The Hall–Kier alpha value is -3.48. The Morgan fingerprint density at radius 2 is 2.03 bits per heavy atom. The summed E-state index contributed by atoms with van der Waals surface area (Å²) in [6.45, 7) is 0.497. The number of amides is 2. The molecule has 2 aromatic heterocycles. The number of rotatable bonds is 2. The molecule has 3 aliphatic rings. The summed E-state index contributed by atoms with van der Waals surface area (Å²) in [5.41, 5.74) is 4.72. The first-order chi connectivity index (χ1) is 15.6. The van der Waals surface area contributed by atoms with E-state index in [9.17, 15) is 9.59 Å². The molecule has 0 bridgehead atoms. The van der Waals surface area contributed by atoms with Crippen molar-refractivity contribution in [1.82, 2.24) is 19.7 Å². The number of pyridine rings is 1. The first kappa shape index (κ1) is 19.2. The zero-order valence-corrected chi connectivity index (χ0v) is 18.0. The predicted molar refractivity (Wildman–Crippen MR) is 119 cm³/mol. The van der Waals surface area contributed by atoms with E-state index in [2.05, 4.69) is 15.4 Å². The van der Waals surface area contributed by atoms with E-state index >= 15 is 0 Å². The summed E-state index contributed by atoms with van der Waals surface area (Å²) in [6.07, 6.45) is 10.2. The van der Waals surface area contributed by atoms with E-state index in [1.165, 1.54) is 5.56 Å². The second-order valence-electron chi connectivity index (χ2n) is 9.11. The molecule has 1 N–H and O–H groups in total. The molecule has 1 spiro atoms. The number of likely N-dealkylation sites (tertiary alicyclic amines) is 1. The Morgan fingerprint density at radius 3 is 2.88 bits per heavy atom. The summed E-state index contributed by atoms with van der Waals surface area (Å²) >= 11 is 0. The molecule has 2 atom stereocenters. The first-order valence-electron chi connectivity index (χ1n) is 11.3. The van der Waals surface area contributed by atoms with E-state index in [1.54, 1.807) is 17.1 Å². The van der Waals surface area contributed by atoms with Crippen molar-refractivity contribution in [2.24, 2.45) is 7.05 Å². The van der Waals surface area contributed by atoms with Crippen molar-refractivity contribution in [3.63, 3.8) is 0 Å². The molecule has 4 heterocycles. The van der Waals surface area contributed by atoms with Crippen molar-refractivity contribution in [1.29, 1.82) is 0 Å². The minimum absolute atomic E-state index is 0.0496. The molecule has 2 amide bonds. The molecule has 162 valence electrons. The molecule has 3 aromatic rings. The fourth-order valence-electron chi connectivity index (χ4n) is 5.82. The number of hydrogen-bond donors (Lipinski definition) is 1. The first-order valence-corrected chi connectivity index (χ1v) is 11.3. The molecule has 32 heavy (non-hydrogen) atoms. The van der Waals surface area contributed by atoms with Crippen molar-refractivity contribution in [2.75, 3.05) is 11.9 Å². The zero-order valence-electron chi connectivity index (χ0n) is 18.0. The maximum atomic E-state index is 13.8. The smallest absolute Gasteiger partial charge is 0.255 e. The van der Waals surface area contributed by atoms with Crippen LogP contribution in [-0.2, 0) is 30.1 Å². The van der Waals surface area contributed by atoms with Gasteiger partial charge in [-0.1, -0.05) is 18.2 Å². The number of aromatic nitrogens is 3. The molecule has 1 aromatic carbocycles. The number of fused-ring (bicyclic) bond motifs is 3. The van der Waals surface area contributed by atoms with Crippen LogP contribution in [0.3, 0.4) is 0 Å². The van der Waals surface area contributed by atoms with E-state index in [0.717, 1.165) is 48.2 Å². The van der Waals surface area contributed by atoms with Crippen LogP contribution in [0.4, 0.5) is 5.69 Å². The van der Waals surface area contributed by atoms with E-state index in [4.69, 9.17) is 0 Å². The van der Waals surface area contributed by atoms with Crippen molar-refractivity contribution in [2.45, 2.75) is 43.6 Å². The van der Waals surface area contributed by atoms with E-state index in [0.29, 0.717) is 18.5 Å². The lowest BCUT2D eigenvalue weighted by Crippen LogP contribution is -2.42. The summed E-state index contributed by atoms with van der Waals surface area (Å²) in [5.74, 6) is -0.125. The summed E-state index contributed by atoms with van der Waals surface area (Å²) in [4.78, 5) is 33.7. The standard InChI is InChI=1S/C25H25N5O2/c1-29-15-18(14-27-29)22-25(19-7-3-5-9-21(19)28-24(25)32)10-11-30(22)23(31)17-12-16-6-2-4-8-20(16)26-13-17/h3,5,7,9,12-15,22H,2,4,6,8,10-11H2,1H3,(H,28,32)/t22-,25+/m0/s1. The minimum Gasteiger partial charge on any atom is -0.330 e. The number of hydrogen-bond acceptors (Lipinski definition) is 4. The molecule has 7 heteroatoms.